The van der Waals surface area contributed by atoms with E-state index >= 15 is 0 Å². The van der Waals surface area contributed by atoms with Gasteiger partial charge in [0.2, 0.25) is 5.76 Å². The maximum atomic E-state index is 12.0. The summed E-state index contributed by atoms with van der Waals surface area (Å²) in [7, 11) is 0. The van der Waals surface area contributed by atoms with E-state index in [4.69, 9.17) is 14.3 Å². The Morgan fingerprint density at radius 3 is 2.59 bits per heavy atom. The van der Waals surface area contributed by atoms with Crippen molar-refractivity contribution in [2.45, 2.75) is 6.61 Å². The van der Waals surface area contributed by atoms with E-state index in [-0.39, 0.29) is 12.4 Å². The normalized spacial score (nSPS) is 10.5. The van der Waals surface area contributed by atoms with Crippen LogP contribution in [0.25, 0.3) is 10.8 Å². The van der Waals surface area contributed by atoms with Gasteiger partial charge in [-0.05, 0) is 23.8 Å². The van der Waals surface area contributed by atoms with Crippen LogP contribution in [-0.2, 0) is 11.3 Å². The van der Waals surface area contributed by atoms with Crippen LogP contribution >= 0.6 is 0 Å². The minimum Gasteiger partial charge on any atom is -0.475 e. The maximum Gasteiger partial charge on any atom is 0.372 e. The summed E-state index contributed by atoms with van der Waals surface area (Å²) >= 11 is 0. The Kier molecular flexibility index (Phi) is 3.62. The lowest BCUT2D eigenvalue weighted by atomic mass is 10.1. The molecule has 0 atom stereocenters. The fourth-order valence-electron chi connectivity index (χ4n) is 2.15. The van der Waals surface area contributed by atoms with E-state index < -0.39 is 11.9 Å². The molecule has 0 fully saturated rings. The van der Waals surface area contributed by atoms with Crippen LogP contribution in [0.5, 0.6) is 0 Å². The Hall–Kier alpha value is -3.08. The molecule has 0 aliphatic heterocycles. The first-order valence-electron chi connectivity index (χ1n) is 6.61. The molecule has 0 bridgehead atoms. The summed E-state index contributed by atoms with van der Waals surface area (Å²) in [6.07, 6.45) is 1.31. The van der Waals surface area contributed by atoms with E-state index in [0.29, 0.717) is 16.3 Å². The van der Waals surface area contributed by atoms with Crippen LogP contribution in [0.3, 0.4) is 0 Å². The largest absolute Gasteiger partial charge is 0.475 e. The molecular weight excluding hydrogens is 284 g/mol. The van der Waals surface area contributed by atoms with Gasteiger partial charge >= 0.3 is 11.9 Å². The van der Waals surface area contributed by atoms with Crippen molar-refractivity contribution < 1.29 is 23.8 Å². The zero-order valence-corrected chi connectivity index (χ0v) is 11.5. The Balaban J connectivity index is 1.78. The summed E-state index contributed by atoms with van der Waals surface area (Å²) in [5.74, 6) is -1.75. The minimum atomic E-state index is -1.14. The number of carboxylic acid groups (broad SMARTS) is 1. The van der Waals surface area contributed by atoms with Crippen LogP contribution in [0.2, 0.25) is 0 Å². The Morgan fingerprint density at radius 1 is 1.09 bits per heavy atom. The predicted molar refractivity (Wildman–Crippen MR) is 78.7 cm³/mol. The monoisotopic (exact) mass is 296 g/mol. The summed E-state index contributed by atoms with van der Waals surface area (Å²) in [5, 5.41) is 9.97. The van der Waals surface area contributed by atoms with E-state index in [0.717, 1.165) is 5.56 Å². The van der Waals surface area contributed by atoms with Crippen molar-refractivity contribution in [2.75, 3.05) is 0 Å². The summed E-state index contributed by atoms with van der Waals surface area (Å²) in [6, 6.07) is 14.0. The molecule has 1 heterocycles. The van der Waals surface area contributed by atoms with E-state index in [1.807, 2.05) is 30.3 Å². The molecule has 0 saturated heterocycles. The van der Waals surface area contributed by atoms with Gasteiger partial charge in [0.1, 0.15) is 6.61 Å². The SMILES string of the molecule is O=C(OCc1ccccc1)c1ccc2c(C(=O)O)occ2c1. The van der Waals surface area contributed by atoms with Crippen LogP contribution in [0.1, 0.15) is 26.5 Å². The molecule has 0 saturated carbocycles. The van der Waals surface area contributed by atoms with Gasteiger partial charge in [0.05, 0.1) is 11.8 Å². The standard InChI is InChI=1S/C17H12O5/c18-16(19)15-14-7-6-12(8-13(14)10-21-15)17(20)22-9-11-4-2-1-3-5-11/h1-8,10H,9H2,(H,18,19). The first-order chi connectivity index (χ1) is 10.6. The number of hydrogen-bond acceptors (Lipinski definition) is 4. The molecule has 5 heteroatoms. The molecule has 22 heavy (non-hydrogen) atoms. The second kappa shape index (κ2) is 5.73. The van der Waals surface area contributed by atoms with E-state index in [2.05, 4.69) is 0 Å². The van der Waals surface area contributed by atoms with Crippen molar-refractivity contribution in [3.63, 3.8) is 0 Å². The second-order valence-electron chi connectivity index (χ2n) is 4.73. The van der Waals surface area contributed by atoms with E-state index in [9.17, 15) is 9.59 Å². The fraction of sp³-hybridized carbons (Fsp3) is 0.0588. The Morgan fingerprint density at radius 2 is 1.86 bits per heavy atom. The molecule has 0 aliphatic rings. The smallest absolute Gasteiger partial charge is 0.372 e. The molecule has 0 radical (unpaired) electrons. The quantitative estimate of drug-likeness (QED) is 0.746. The van der Waals surface area contributed by atoms with Crippen molar-refractivity contribution >= 4 is 22.7 Å². The van der Waals surface area contributed by atoms with Gasteiger partial charge in [0.25, 0.3) is 0 Å². The van der Waals surface area contributed by atoms with Gasteiger partial charge in [-0.2, -0.15) is 0 Å². The fourth-order valence-corrected chi connectivity index (χ4v) is 2.15. The summed E-state index contributed by atoms with van der Waals surface area (Å²) in [5.41, 5.74) is 1.24. The highest BCUT2D eigenvalue weighted by Crippen LogP contribution is 2.23. The lowest BCUT2D eigenvalue weighted by Gasteiger charge is -2.05. The number of carbonyl (C=O) groups excluding carboxylic acids is 1. The summed E-state index contributed by atoms with van der Waals surface area (Å²) in [4.78, 5) is 23.0. The zero-order valence-electron chi connectivity index (χ0n) is 11.5. The van der Waals surface area contributed by atoms with Gasteiger partial charge in [0, 0.05) is 10.8 Å². The average Bonchev–Trinajstić information content (AvgIpc) is 2.97. The third-order valence-electron chi connectivity index (χ3n) is 3.24. The number of carboxylic acids is 1. The molecule has 3 rings (SSSR count). The third kappa shape index (κ3) is 2.69. The molecule has 1 aromatic heterocycles. The van der Waals surface area contributed by atoms with Gasteiger partial charge in [-0.1, -0.05) is 30.3 Å². The first kappa shape index (κ1) is 13.9. The van der Waals surface area contributed by atoms with Gasteiger partial charge in [-0.25, -0.2) is 9.59 Å². The number of rotatable bonds is 4. The highest BCUT2D eigenvalue weighted by Gasteiger charge is 2.15. The molecule has 0 unspecified atom stereocenters. The molecule has 1 N–H and O–H groups in total. The van der Waals surface area contributed by atoms with E-state index in [1.54, 1.807) is 12.1 Å². The molecule has 0 amide bonds. The predicted octanol–water partition coefficient (Wildman–Crippen LogP) is 3.49. The zero-order chi connectivity index (χ0) is 15.5. The Labute approximate surface area is 125 Å². The summed E-state index contributed by atoms with van der Waals surface area (Å²) < 4.78 is 10.2. The van der Waals surface area contributed by atoms with Crippen molar-refractivity contribution in [2.24, 2.45) is 0 Å². The van der Waals surface area contributed by atoms with Crippen molar-refractivity contribution in [3.8, 4) is 0 Å². The van der Waals surface area contributed by atoms with Gasteiger partial charge < -0.3 is 14.3 Å². The van der Waals surface area contributed by atoms with Crippen LogP contribution in [0.4, 0.5) is 0 Å². The topological polar surface area (TPSA) is 76.7 Å². The minimum absolute atomic E-state index is 0.140. The van der Waals surface area contributed by atoms with Crippen molar-refractivity contribution in [1.82, 2.24) is 0 Å². The number of furan rings is 1. The molecular formula is C17H12O5. The number of esters is 1. The Bertz CT molecular complexity index is 833. The maximum absolute atomic E-state index is 12.0. The number of fused-ring (bicyclic) bond motifs is 1. The highest BCUT2D eigenvalue weighted by molar-refractivity contribution is 6.03. The number of hydrogen-bond donors (Lipinski definition) is 1. The average molecular weight is 296 g/mol. The first-order valence-corrected chi connectivity index (χ1v) is 6.61. The van der Waals surface area contributed by atoms with E-state index in [1.165, 1.54) is 12.3 Å². The third-order valence-corrected chi connectivity index (χ3v) is 3.24. The van der Waals surface area contributed by atoms with Crippen molar-refractivity contribution in [1.29, 1.82) is 0 Å². The van der Waals surface area contributed by atoms with Gasteiger partial charge in [0.15, 0.2) is 0 Å². The lowest BCUT2D eigenvalue weighted by Crippen LogP contribution is -2.05. The van der Waals surface area contributed by atoms with Gasteiger partial charge in [-0.15, -0.1) is 0 Å². The molecule has 0 spiro atoms. The van der Waals surface area contributed by atoms with Crippen LogP contribution in [0, 0.1) is 0 Å². The lowest BCUT2D eigenvalue weighted by molar-refractivity contribution is 0.0472. The van der Waals surface area contributed by atoms with Crippen molar-refractivity contribution in [3.05, 3.63) is 71.7 Å². The molecule has 110 valence electrons. The summed E-state index contributed by atoms with van der Waals surface area (Å²) in [6.45, 7) is 0.184. The van der Waals surface area contributed by atoms with Crippen LogP contribution in [0.15, 0.2) is 59.2 Å². The van der Waals surface area contributed by atoms with Crippen LogP contribution in [-0.4, -0.2) is 17.0 Å². The number of carbonyl (C=O) groups is 2. The number of benzene rings is 2. The highest BCUT2D eigenvalue weighted by atomic mass is 16.5. The van der Waals surface area contributed by atoms with Crippen LogP contribution < -0.4 is 0 Å². The second-order valence-corrected chi connectivity index (χ2v) is 4.73. The molecule has 2 aromatic carbocycles. The van der Waals surface area contributed by atoms with Gasteiger partial charge in [-0.3, -0.25) is 0 Å². The molecule has 3 aromatic rings. The molecule has 0 aliphatic carbocycles. The number of aromatic carboxylic acids is 1. The number of ether oxygens (including phenoxy) is 1. The molecule has 5 nitrogen and oxygen atoms in total.